The van der Waals surface area contributed by atoms with Gasteiger partial charge < -0.3 is 23.9 Å². The number of hydrogen-bond donors (Lipinski definition) is 1. The lowest BCUT2D eigenvalue weighted by Crippen LogP contribution is -2.30. The Morgan fingerprint density at radius 3 is 2.69 bits per heavy atom. The molecule has 1 aliphatic rings. The fraction of sp³-hybridized carbons (Fsp3) is 0.238. The van der Waals surface area contributed by atoms with Gasteiger partial charge >= 0.3 is 5.63 Å². The minimum atomic E-state index is -0.852. The number of carbonyl (C=O) groups is 1. The van der Waals surface area contributed by atoms with E-state index in [1.807, 2.05) is 0 Å². The highest BCUT2D eigenvalue weighted by Crippen LogP contribution is 2.33. The molecular weight excluding hydrogens is 398 g/mol. The molecule has 0 radical (unpaired) electrons. The quantitative estimate of drug-likeness (QED) is 0.649. The van der Waals surface area contributed by atoms with Crippen LogP contribution in [0.25, 0.3) is 11.0 Å². The van der Waals surface area contributed by atoms with Crippen LogP contribution in [0.4, 0.5) is 5.69 Å². The highest BCUT2D eigenvalue weighted by Gasteiger charge is 2.19. The topological polar surface area (TPSA) is 87.0 Å². The number of hydrogen-bond acceptors (Lipinski definition) is 6. The molecule has 2 heterocycles. The number of amides is 1. The van der Waals surface area contributed by atoms with Gasteiger partial charge in [-0.2, -0.15) is 0 Å². The molecule has 0 aliphatic carbocycles. The molecule has 150 valence electrons. The molecule has 3 aromatic rings. The van der Waals surface area contributed by atoms with Crippen LogP contribution in [-0.2, 0) is 4.79 Å². The molecule has 8 heteroatoms. The molecule has 0 saturated carbocycles. The van der Waals surface area contributed by atoms with Gasteiger partial charge in [-0.3, -0.25) is 4.79 Å². The summed E-state index contributed by atoms with van der Waals surface area (Å²) in [5.74, 6) is 1.09. The fourth-order valence-corrected chi connectivity index (χ4v) is 3.23. The number of aryl methyl sites for hydroxylation is 1. The van der Waals surface area contributed by atoms with Crippen LogP contribution in [0, 0.1) is 6.92 Å². The van der Waals surface area contributed by atoms with Crippen molar-refractivity contribution in [3.63, 3.8) is 0 Å². The van der Waals surface area contributed by atoms with Crippen LogP contribution >= 0.6 is 11.6 Å². The molecule has 4 rings (SSSR count). The Labute approximate surface area is 171 Å². The van der Waals surface area contributed by atoms with Crippen LogP contribution in [0.5, 0.6) is 17.2 Å². The van der Waals surface area contributed by atoms with Crippen LogP contribution < -0.4 is 25.2 Å². The smallest absolute Gasteiger partial charge is 0.336 e. The zero-order valence-electron chi connectivity index (χ0n) is 15.8. The van der Waals surface area contributed by atoms with Gasteiger partial charge in [-0.1, -0.05) is 11.6 Å². The molecule has 0 spiro atoms. The van der Waals surface area contributed by atoms with Crippen LogP contribution in [0.2, 0.25) is 5.02 Å². The summed E-state index contributed by atoms with van der Waals surface area (Å²) in [5.41, 5.74) is 1.18. The summed E-state index contributed by atoms with van der Waals surface area (Å²) in [5, 5.41) is 3.79. The molecule has 0 saturated heterocycles. The lowest BCUT2D eigenvalue weighted by molar-refractivity contribution is -0.122. The standard InChI is InChI=1S/C21H18ClNO6/c1-11-7-20(24)29-17-10-18(15(22)9-14(11)17)28-12(2)21(25)23-13-3-4-16-19(8-13)27-6-5-26-16/h3-4,7-10,12H,5-6H2,1-2H3,(H,23,25)/t12-/m0/s1. The Morgan fingerprint density at radius 2 is 1.90 bits per heavy atom. The summed E-state index contributed by atoms with van der Waals surface area (Å²) in [6.07, 6.45) is -0.852. The van der Waals surface area contributed by atoms with Crippen molar-refractivity contribution < 1.29 is 23.4 Å². The highest BCUT2D eigenvalue weighted by atomic mass is 35.5. The number of carbonyl (C=O) groups excluding carboxylic acids is 1. The first-order chi connectivity index (χ1) is 13.9. The number of nitrogens with one attached hydrogen (secondary N) is 1. The predicted molar refractivity (Wildman–Crippen MR) is 108 cm³/mol. The summed E-state index contributed by atoms with van der Waals surface area (Å²) in [7, 11) is 0. The van der Waals surface area contributed by atoms with Gasteiger partial charge in [0, 0.05) is 29.3 Å². The van der Waals surface area contributed by atoms with Crippen LogP contribution in [0.1, 0.15) is 12.5 Å². The number of ether oxygens (including phenoxy) is 3. The third kappa shape index (κ3) is 4.00. The monoisotopic (exact) mass is 415 g/mol. The van der Waals surface area contributed by atoms with Gasteiger partial charge in [0.25, 0.3) is 5.91 Å². The molecule has 0 bridgehead atoms. The van der Waals surface area contributed by atoms with E-state index in [2.05, 4.69) is 5.32 Å². The Bertz CT molecular complexity index is 1160. The van der Waals surface area contributed by atoms with Crippen LogP contribution in [-0.4, -0.2) is 25.2 Å². The number of fused-ring (bicyclic) bond motifs is 2. The first-order valence-electron chi connectivity index (χ1n) is 9.02. The molecule has 1 aliphatic heterocycles. The van der Waals surface area contributed by atoms with E-state index in [1.165, 1.54) is 12.1 Å². The normalized spacial score (nSPS) is 13.8. The van der Waals surface area contributed by atoms with Crippen molar-refractivity contribution in [2.45, 2.75) is 20.0 Å². The van der Waals surface area contributed by atoms with E-state index in [0.717, 1.165) is 5.56 Å². The highest BCUT2D eigenvalue weighted by molar-refractivity contribution is 6.32. The molecule has 0 fully saturated rings. The van der Waals surface area contributed by atoms with Crippen molar-refractivity contribution in [2.75, 3.05) is 18.5 Å². The SMILES string of the molecule is Cc1cc(=O)oc2cc(O[C@@H](C)C(=O)Nc3ccc4c(c3)OCCO4)c(Cl)cc12. The molecule has 1 N–H and O–H groups in total. The average molecular weight is 416 g/mol. The minimum Gasteiger partial charge on any atom is -0.486 e. The van der Waals surface area contributed by atoms with Crippen molar-refractivity contribution in [3.05, 3.63) is 57.4 Å². The van der Waals surface area contributed by atoms with Gasteiger partial charge in [-0.15, -0.1) is 0 Å². The van der Waals surface area contributed by atoms with Gasteiger partial charge in [-0.25, -0.2) is 4.79 Å². The molecule has 1 aromatic heterocycles. The Balaban J connectivity index is 1.51. The Kier molecular flexibility index (Phi) is 5.07. The largest absolute Gasteiger partial charge is 0.486 e. The third-order valence-corrected chi connectivity index (χ3v) is 4.78. The van der Waals surface area contributed by atoms with Crippen molar-refractivity contribution >= 4 is 34.2 Å². The van der Waals surface area contributed by atoms with E-state index in [0.29, 0.717) is 46.4 Å². The van der Waals surface area contributed by atoms with Crippen molar-refractivity contribution in [2.24, 2.45) is 0 Å². The Hall–Kier alpha value is -3.19. The molecule has 0 unspecified atom stereocenters. The zero-order chi connectivity index (χ0) is 20.5. The summed E-state index contributed by atoms with van der Waals surface area (Å²) in [4.78, 5) is 24.2. The van der Waals surface area contributed by atoms with E-state index in [1.54, 1.807) is 38.1 Å². The maximum absolute atomic E-state index is 12.5. The second-order valence-corrected chi connectivity index (χ2v) is 7.04. The second kappa shape index (κ2) is 7.67. The molecule has 1 amide bonds. The summed E-state index contributed by atoms with van der Waals surface area (Å²) < 4.78 is 21.9. The molecule has 1 atom stereocenters. The van der Waals surface area contributed by atoms with Gasteiger partial charge in [0.2, 0.25) is 0 Å². The van der Waals surface area contributed by atoms with E-state index in [9.17, 15) is 9.59 Å². The number of anilines is 1. The van der Waals surface area contributed by atoms with Gasteiger partial charge in [0.15, 0.2) is 17.6 Å². The Morgan fingerprint density at radius 1 is 1.14 bits per heavy atom. The number of rotatable bonds is 4. The van der Waals surface area contributed by atoms with Crippen molar-refractivity contribution in [3.8, 4) is 17.2 Å². The van der Waals surface area contributed by atoms with Gasteiger partial charge in [-0.05, 0) is 37.6 Å². The third-order valence-electron chi connectivity index (χ3n) is 4.49. The van der Waals surface area contributed by atoms with Crippen LogP contribution in [0.15, 0.2) is 45.6 Å². The molecular formula is C21H18ClNO6. The summed E-state index contributed by atoms with van der Waals surface area (Å²) in [6.45, 7) is 4.34. The van der Waals surface area contributed by atoms with E-state index in [4.69, 9.17) is 30.2 Å². The predicted octanol–water partition coefficient (Wildman–Crippen LogP) is 3.93. The minimum absolute atomic E-state index is 0.248. The van der Waals surface area contributed by atoms with Gasteiger partial charge in [0.05, 0.1) is 5.02 Å². The van der Waals surface area contributed by atoms with Crippen molar-refractivity contribution in [1.29, 1.82) is 0 Å². The second-order valence-electron chi connectivity index (χ2n) is 6.64. The lowest BCUT2D eigenvalue weighted by Gasteiger charge is -2.20. The summed E-state index contributed by atoms with van der Waals surface area (Å²) >= 11 is 6.30. The maximum atomic E-state index is 12.5. The molecule has 7 nitrogen and oxygen atoms in total. The van der Waals surface area contributed by atoms with E-state index in [-0.39, 0.29) is 11.7 Å². The zero-order valence-corrected chi connectivity index (χ0v) is 16.5. The number of halogens is 1. The fourth-order valence-electron chi connectivity index (χ4n) is 3.02. The van der Waals surface area contributed by atoms with Crippen molar-refractivity contribution in [1.82, 2.24) is 0 Å². The summed E-state index contributed by atoms with van der Waals surface area (Å²) in [6, 6.07) is 9.71. The number of benzene rings is 2. The molecule has 29 heavy (non-hydrogen) atoms. The lowest BCUT2D eigenvalue weighted by atomic mass is 10.1. The molecule has 2 aromatic carbocycles. The van der Waals surface area contributed by atoms with Gasteiger partial charge in [0.1, 0.15) is 24.5 Å². The first-order valence-corrected chi connectivity index (χ1v) is 9.39. The maximum Gasteiger partial charge on any atom is 0.336 e. The average Bonchev–Trinajstić information content (AvgIpc) is 2.69. The first kappa shape index (κ1) is 19.1. The van der Waals surface area contributed by atoms with E-state index >= 15 is 0 Å². The van der Waals surface area contributed by atoms with Crippen LogP contribution in [0.3, 0.4) is 0 Å². The van der Waals surface area contributed by atoms with E-state index < -0.39 is 11.7 Å².